The lowest BCUT2D eigenvalue weighted by Crippen LogP contribution is -2.28. The third-order valence-corrected chi connectivity index (χ3v) is 5.55. The van der Waals surface area contributed by atoms with Gasteiger partial charge in [0.1, 0.15) is 28.7 Å². The molecule has 8 heteroatoms. The van der Waals surface area contributed by atoms with E-state index in [2.05, 4.69) is 17.1 Å². The fraction of sp³-hybridized carbons (Fsp3) is 0.250. The van der Waals surface area contributed by atoms with Gasteiger partial charge in [-0.05, 0) is 38.0 Å². The van der Waals surface area contributed by atoms with Crippen molar-refractivity contribution in [1.82, 2.24) is 4.98 Å². The maximum atomic E-state index is 13.1. The maximum Gasteiger partial charge on any atom is 0.338 e. The highest BCUT2D eigenvalue weighted by molar-refractivity contribution is 7.80. The second-order valence-corrected chi connectivity index (χ2v) is 7.71. The molecule has 2 heterocycles. The Balaban J connectivity index is 2.31. The van der Waals surface area contributed by atoms with Gasteiger partial charge in [0.15, 0.2) is 0 Å². The highest BCUT2D eigenvalue weighted by Gasteiger charge is 2.40. The van der Waals surface area contributed by atoms with E-state index in [4.69, 9.17) is 27.8 Å². The van der Waals surface area contributed by atoms with Crippen LogP contribution in [0.3, 0.4) is 0 Å². The number of nitrogens with two attached hydrogens (primary N) is 1. The van der Waals surface area contributed by atoms with Crippen molar-refractivity contribution < 1.29 is 14.3 Å². The van der Waals surface area contributed by atoms with E-state index in [9.17, 15) is 15.3 Å². The van der Waals surface area contributed by atoms with Gasteiger partial charge in [-0.3, -0.25) is 4.98 Å². The lowest BCUT2D eigenvalue weighted by molar-refractivity contribution is -0.139. The Bertz CT molecular complexity index is 1210. The molecule has 32 heavy (non-hydrogen) atoms. The number of esters is 1. The maximum absolute atomic E-state index is 13.1. The van der Waals surface area contributed by atoms with Crippen LogP contribution in [0.4, 0.5) is 0 Å². The highest BCUT2D eigenvalue weighted by atomic mass is 32.1. The molecule has 0 spiro atoms. The monoisotopic (exact) mass is 446 g/mol. The number of carbonyl (C=O) groups is 1. The summed E-state index contributed by atoms with van der Waals surface area (Å²) in [6.07, 6.45) is 0. The molecule has 1 aliphatic rings. The summed E-state index contributed by atoms with van der Waals surface area (Å²) in [6.45, 7) is 5.41. The summed E-state index contributed by atoms with van der Waals surface area (Å²) in [5.74, 6) is -1.51. The predicted octanol–water partition coefficient (Wildman–Crippen LogP) is 3.87. The normalized spacial score (nSPS) is 16.6. The van der Waals surface area contributed by atoms with Crippen molar-refractivity contribution in [1.29, 1.82) is 10.5 Å². The molecule has 1 aliphatic heterocycles. The third-order valence-electron chi connectivity index (χ3n) is 5.07. The predicted molar refractivity (Wildman–Crippen MR) is 121 cm³/mol. The second-order valence-electron chi connectivity index (χ2n) is 7.19. The van der Waals surface area contributed by atoms with Gasteiger partial charge in [-0.25, -0.2) is 4.79 Å². The number of thiol groups is 1. The fourth-order valence-corrected chi connectivity index (χ4v) is 4.10. The van der Waals surface area contributed by atoms with Crippen molar-refractivity contribution in [2.75, 3.05) is 6.61 Å². The summed E-state index contributed by atoms with van der Waals surface area (Å²) < 4.78 is 11.1. The van der Waals surface area contributed by atoms with E-state index in [0.29, 0.717) is 22.5 Å². The van der Waals surface area contributed by atoms with Crippen molar-refractivity contribution in [3.05, 3.63) is 87.3 Å². The number of ether oxygens (including phenoxy) is 2. The smallest absolute Gasteiger partial charge is 0.338 e. The first-order valence-corrected chi connectivity index (χ1v) is 10.5. The largest absolute Gasteiger partial charge is 0.463 e. The Morgan fingerprint density at radius 2 is 1.97 bits per heavy atom. The zero-order chi connectivity index (χ0) is 23.4. The van der Waals surface area contributed by atoms with Crippen molar-refractivity contribution in [2.24, 2.45) is 5.73 Å². The fourth-order valence-electron chi connectivity index (χ4n) is 3.72. The number of nitriles is 2. The molecule has 2 N–H and O–H groups in total. The number of carbonyl (C=O) groups excluding carboxylic acids is 1. The zero-order valence-corrected chi connectivity index (χ0v) is 18.8. The quantitative estimate of drug-likeness (QED) is 0.528. The van der Waals surface area contributed by atoms with E-state index in [0.717, 1.165) is 5.56 Å². The molecule has 0 radical (unpaired) electrons. The molecule has 2 unspecified atom stereocenters. The van der Waals surface area contributed by atoms with Crippen LogP contribution in [0.1, 0.15) is 46.2 Å². The number of benzene rings is 1. The summed E-state index contributed by atoms with van der Waals surface area (Å²) in [5, 5.41) is 18.6. The van der Waals surface area contributed by atoms with Crippen molar-refractivity contribution in [3.8, 4) is 12.1 Å². The van der Waals surface area contributed by atoms with E-state index in [1.54, 1.807) is 51.1 Å². The van der Waals surface area contributed by atoms with E-state index < -0.39 is 17.1 Å². The molecular weight excluding hydrogens is 424 g/mol. The van der Waals surface area contributed by atoms with Gasteiger partial charge in [-0.2, -0.15) is 23.2 Å². The standard InChI is InChI=1S/C24H22N4O3S/c1-4-30-24(29)19-18(15-8-6-5-7-9-15)17(12-26)23(27)31-21(19)22(32)20-16(11-25)13(2)10-14(3)28-20/h5-10,18,22,32H,4,27H2,1-3H3. The minimum atomic E-state index is -0.896. The van der Waals surface area contributed by atoms with Crippen LogP contribution in [-0.2, 0) is 14.3 Å². The summed E-state index contributed by atoms with van der Waals surface area (Å²) in [6, 6.07) is 15.0. The van der Waals surface area contributed by atoms with Crippen molar-refractivity contribution in [3.63, 3.8) is 0 Å². The number of pyridine rings is 1. The number of nitrogens with zero attached hydrogens (tertiary/aromatic N) is 3. The number of allylic oxidation sites excluding steroid dienone is 1. The molecule has 0 saturated heterocycles. The number of hydrogen-bond donors (Lipinski definition) is 2. The number of rotatable bonds is 5. The molecule has 0 aliphatic carbocycles. The van der Waals surface area contributed by atoms with Crippen LogP contribution in [0.15, 0.2) is 59.2 Å². The third kappa shape index (κ3) is 4.18. The van der Waals surface area contributed by atoms with Gasteiger partial charge in [-0.15, -0.1) is 0 Å². The molecule has 1 aromatic heterocycles. The number of hydrogen-bond acceptors (Lipinski definition) is 8. The minimum absolute atomic E-state index is 0.0890. The molecule has 0 fully saturated rings. The molecule has 0 saturated carbocycles. The Morgan fingerprint density at radius 3 is 2.56 bits per heavy atom. The number of aryl methyl sites for hydroxylation is 2. The van der Waals surface area contributed by atoms with Gasteiger partial charge in [0.2, 0.25) is 5.88 Å². The van der Waals surface area contributed by atoms with E-state index in [-0.39, 0.29) is 29.4 Å². The number of aromatic nitrogens is 1. The second kappa shape index (κ2) is 9.59. The Morgan fingerprint density at radius 1 is 1.28 bits per heavy atom. The molecule has 2 aromatic rings. The molecular formula is C24H22N4O3S. The molecule has 3 rings (SSSR count). The molecule has 1 aromatic carbocycles. The van der Waals surface area contributed by atoms with Gasteiger partial charge in [0.05, 0.1) is 29.4 Å². The first kappa shape index (κ1) is 22.9. The Labute approximate surface area is 192 Å². The average Bonchev–Trinajstić information content (AvgIpc) is 2.78. The van der Waals surface area contributed by atoms with Crippen molar-refractivity contribution in [2.45, 2.75) is 31.9 Å². The van der Waals surface area contributed by atoms with E-state index in [1.165, 1.54) is 0 Å². The van der Waals surface area contributed by atoms with Crippen LogP contribution < -0.4 is 5.73 Å². The highest BCUT2D eigenvalue weighted by Crippen LogP contribution is 2.45. The zero-order valence-electron chi connectivity index (χ0n) is 17.9. The van der Waals surface area contributed by atoms with Gasteiger partial charge < -0.3 is 15.2 Å². The van der Waals surface area contributed by atoms with Crippen molar-refractivity contribution >= 4 is 18.6 Å². The average molecular weight is 447 g/mol. The van der Waals surface area contributed by atoms with Crippen LogP contribution >= 0.6 is 12.6 Å². The van der Waals surface area contributed by atoms with Gasteiger partial charge in [0, 0.05) is 5.69 Å². The van der Waals surface area contributed by atoms with E-state index in [1.807, 2.05) is 6.07 Å². The van der Waals surface area contributed by atoms with E-state index >= 15 is 0 Å². The summed E-state index contributed by atoms with van der Waals surface area (Å²) >= 11 is 4.69. The summed E-state index contributed by atoms with van der Waals surface area (Å²) in [5.41, 5.74) is 9.07. The molecule has 0 amide bonds. The molecule has 2 atom stereocenters. The van der Waals surface area contributed by atoms with Gasteiger partial charge in [-0.1, -0.05) is 30.3 Å². The minimum Gasteiger partial charge on any atom is -0.463 e. The Hall–Kier alpha value is -3.75. The van der Waals surface area contributed by atoms with Gasteiger partial charge in [0.25, 0.3) is 0 Å². The topological polar surface area (TPSA) is 122 Å². The van der Waals surface area contributed by atoms with Crippen LogP contribution in [0.25, 0.3) is 0 Å². The summed E-state index contributed by atoms with van der Waals surface area (Å²) in [4.78, 5) is 17.6. The summed E-state index contributed by atoms with van der Waals surface area (Å²) in [7, 11) is 0. The van der Waals surface area contributed by atoms with Crippen LogP contribution in [0.5, 0.6) is 0 Å². The SMILES string of the molecule is CCOC(=O)C1=C(C(S)c2nc(C)cc(C)c2C#N)OC(N)=C(C#N)C1c1ccccc1. The van der Waals surface area contributed by atoms with Crippen LogP contribution in [0, 0.1) is 36.5 Å². The molecule has 7 nitrogen and oxygen atoms in total. The van der Waals surface area contributed by atoms with Crippen LogP contribution in [0.2, 0.25) is 0 Å². The lowest BCUT2D eigenvalue weighted by Gasteiger charge is -2.30. The molecule has 162 valence electrons. The Kier molecular flexibility index (Phi) is 6.87. The molecule has 0 bridgehead atoms. The lowest BCUT2D eigenvalue weighted by atomic mass is 9.82. The van der Waals surface area contributed by atoms with Crippen LogP contribution in [-0.4, -0.2) is 17.6 Å². The first-order chi connectivity index (χ1) is 15.3. The van der Waals surface area contributed by atoms with Gasteiger partial charge >= 0.3 is 5.97 Å². The first-order valence-electron chi connectivity index (χ1n) is 9.93.